The van der Waals surface area contributed by atoms with Crippen LogP contribution in [0.25, 0.3) is 0 Å². The van der Waals surface area contributed by atoms with Crippen molar-refractivity contribution in [1.82, 2.24) is 5.32 Å². The second kappa shape index (κ2) is 8.77. The zero-order valence-electron chi connectivity index (χ0n) is 14.0. The normalized spacial score (nSPS) is 10.0. The summed E-state index contributed by atoms with van der Waals surface area (Å²) >= 11 is 5.94. The number of non-ortho nitro benzene ring substituents is 1. The van der Waals surface area contributed by atoms with Crippen molar-refractivity contribution in [2.75, 3.05) is 19.0 Å². The number of nitro groups is 1. The zero-order valence-corrected chi connectivity index (χ0v) is 14.8. The molecular weight excluding hydrogens is 378 g/mol. The fraction of sp³-hybridized carbons (Fsp3) is 0.118. The first kappa shape index (κ1) is 19.9. The first-order chi connectivity index (χ1) is 12.8. The third kappa shape index (κ3) is 5.02. The quantitative estimate of drug-likeness (QED) is 0.442. The van der Waals surface area contributed by atoms with Crippen LogP contribution in [0.5, 0.6) is 0 Å². The Morgan fingerprint density at radius 3 is 2.48 bits per heavy atom. The second-order valence-corrected chi connectivity index (χ2v) is 5.58. The van der Waals surface area contributed by atoms with Crippen molar-refractivity contribution >= 4 is 40.8 Å². The number of para-hydroxylation sites is 1. The summed E-state index contributed by atoms with van der Waals surface area (Å²) in [5.74, 6) is -1.95. The minimum absolute atomic E-state index is 0.00389. The van der Waals surface area contributed by atoms with E-state index in [0.717, 1.165) is 12.1 Å². The van der Waals surface area contributed by atoms with Crippen LogP contribution < -0.4 is 10.6 Å². The highest BCUT2D eigenvalue weighted by atomic mass is 35.5. The van der Waals surface area contributed by atoms with Gasteiger partial charge in [-0.2, -0.15) is 0 Å². The largest absolute Gasteiger partial charge is 0.452 e. The number of amides is 2. The predicted molar refractivity (Wildman–Crippen MR) is 96.9 cm³/mol. The molecule has 0 atom stereocenters. The van der Waals surface area contributed by atoms with Gasteiger partial charge in [0.2, 0.25) is 0 Å². The fourth-order valence-electron chi connectivity index (χ4n) is 2.04. The number of rotatable bonds is 6. The summed E-state index contributed by atoms with van der Waals surface area (Å²) in [4.78, 5) is 45.9. The minimum atomic E-state index is -0.802. The van der Waals surface area contributed by atoms with Gasteiger partial charge in [-0.3, -0.25) is 19.7 Å². The van der Waals surface area contributed by atoms with Crippen LogP contribution in [0.1, 0.15) is 20.7 Å². The maximum absolute atomic E-state index is 12.4. The van der Waals surface area contributed by atoms with Crippen LogP contribution >= 0.6 is 11.6 Å². The first-order valence-electron chi connectivity index (χ1n) is 7.55. The van der Waals surface area contributed by atoms with Crippen LogP contribution in [0.2, 0.25) is 5.02 Å². The van der Waals surface area contributed by atoms with Crippen LogP contribution in [0.3, 0.4) is 0 Å². The molecule has 2 amide bonds. The molecule has 0 unspecified atom stereocenters. The van der Waals surface area contributed by atoms with Gasteiger partial charge < -0.3 is 15.4 Å². The number of halogens is 1. The Kier molecular flexibility index (Phi) is 6.45. The van der Waals surface area contributed by atoms with Gasteiger partial charge in [0, 0.05) is 19.2 Å². The maximum atomic E-state index is 12.4. The number of hydrogen-bond donors (Lipinski definition) is 2. The van der Waals surface area contributed by atoms with Crippen LogP contribution in [0.15, 0.2) is 42.5 Å². The Bertz CT molecular complexity index is 915. The lowest BCUT2D eigenvalue weighted by molar-refractivity contribution is -0.384. The van der Waals surface area contributed by atoms with Gasteiger partial charge >= 0.3 is 5.97 Å². The van der Waals surface area contributed by atoms with Crippen molar-refractivity contribution in [2.24, 2.45) is 0 Å². The number of nitro benzene ring substituents is 1. The molecule has 0 fully saturated rings. The molecule has 0 saturated carbocycles. The van der Waals surface area contributed by atoms with E-state index in [4.69, 9.17) is 16.3 Å². The summed E-state index contributed by atoms with van der Waals surface area (Å²) in [5.41, 5.74) is -0.0860. The first-order valence-corrected chi connectivity index (χ1v) is 7.93. The van der Waals surface area contributed by atoms with E-state index >= 15 is 0 Å². The molecule has 0 saturated heterocycles. The van der Waals surface area contributed by atoms with Gasteiger partial charge in [-0.25, -0.2) is 4.79 Å². The number of carbonyl (C=O) groups is 3. The molecule has 0 heterocycles. The number of likely N-dealkylation sites (N-methyl/N-ethyl adjacent to an activating group) is 1. The van der Waals surface area contributed by atoms with Crippen molar-refractivity contribution in [1.29, 1.82) is 0 Å². The Labute approximate surface area is 158 Å². The molecule has 10 heteroatoms. The number of benzene rings is 2. The molecule has 27 heavy (non-hydrogen) atoms. The Hall–Kier alpha value is -3.46. The molecule has 2 aromatic carbocycles. The molecule has 9 nitrogen and oxygen atoms in total. The van der Waals surface area contributed by atoms with Crippen LogP contribution in [-0.2, 0) is 9.53 Å². The Morgan fingerprint density at radius 2 is 1.85 bits per heavy atom. The highest BCUT2D eigenvalue weighted by molar-refractivity contribution is 6.34. The molecule has 0 radical (unpaired) electrons. The number of hydrogen-bond acceptors (Lipinski definition) is 6. The lowest BCUT2D eigenvalue weighted by Crippen LogP contribution is -2.25. The lowest BCUT2D eigenvalue weighted by atomic mass is 10.1. The maximum Gasteiger partial charge on any atom is 0.340 e. The summed E-state index contributed by atoms with van der Waals surface area (Å²) in [7, 11) is 1.40. The summed E-state index contributed by atoms with van der Waals surface area (Å²) in [5, 5.41) is 15.4. The van der Waals surface area contributed by atoms with Gasteiger partial charge in [0.15, 0.2) is 6.61 Å². The van der Waals surface area contributed by atoms with E-state index in [1.165, 1.54) is 25.2 Å². The van der Waals surface area contributed by atoms with Gasteiger partial charge in [-0.05, 0) is 18.2 Å². The standard InChI is InChI=1S/C17H14ClN3O6/c1-19-15(22)9-27-17(24)12-4-2-3-5-14(12)20-16(23)11-7-6-10(21(25)26)8-13(11)18/h2-8H,9H2,1H3,(H,19,22)(H,20,23). The van der Waals surface area contributed by atoms with E-state index in [2.05, 4.69) is 10.6 Å². The van der Waals surface area contributed by atoms with Crippen molar-refractivity contribution < 1.29 is 24.0 Å². The molecule has 2 N–H and O–H groups in total. The summed E-state index contributed by atoms with van der Waals surface area (Å²) in [6, 6.07) is 9.44. The van der Waals surface area contributed by atoms with Crippen LogP contribution in [0, 0.1) is 10.1 Å². The van der Waals surface area contributed by atoms with E-state index in [9.17, 15) is 24.5 Å². The molecule has 0 spiro atoms. The number of esters is 1. The van der Waals surface area contributed by atoms with E-state index in [0.29, 0.717) is 0 Å². The predicted octanol–water partition coefficient (Wildman–Crippen LogP) is 2.40. The molecule has 0 aromatic heterocycles. The number of carbonyl (C=O) groups excluding carboxylic acids is 3. The average Bonchev–Trinajstić information content (AvgIpc) is 2.65. The number of ether oxygens (including phenoxy) is 1. The summed E-state index contributed by atoms with van der Waals surface area (Å²) in [6.07, 6.45) is 0. The fourth-order valence-corrected chi connectivity index (χ4v) is 2.30. The molecular formula is C17H14ClN3O6. The molecule has 0 bridgehead atoms. The van der Waals surface area contributed by atoms with Crippen molar-refractivity contribution in [3.8, 4) is 0 Å². The van der Waals surface area contributed by atoms with Gasteiger partial charge in [0.25, 0.3) is 17.5 Å². The van der Waals surface area contributed by atoms with E-state index < -0.39 is 29.3 Å². The van der Waals surface area contributed by atoms with Gasteiger partial charge in [-0.15, -0.1) is 0 Å². The highest BCUT2D eigenvalue weighted by Gasteiger charge is 2.19. The topological polar surface area (TPSA) is 128 Å². The van der Waals surface area contributed by atoms with E-state index in [1.807, 2.05) is 0 Å². The summed E-state index contributed by atoms with van der Waals surface area (Å²) in [6.45, 7) is -0.466. The molecule has 0 aliphatic carbocycles. The van der Waals surface area contributed by atoms with Crippen molar-refractivity contribution in [3.05, 3.63) is 68.7 Å². The van der Waals surface area contributed by atoms with Crippen molar-refractivity contribution in [3.63, 3.8) is 0 Å². The molecule has 140 valence electrons. The monoisotopic (exact) mass is 391 g/mol. The summed E-state index contributed by atoms with van der Waals surface area (Å²) < 4.78 is 4.87. The average molecular weight is 392 g/mol. The number of nitrogens with zero attached hydrogens (tertiary/aromatic N) is 1. The Balaban J connectivity index is 2.20. The minimum Gasteiger partial charge on any atom is -0.452 e. The number of nitrogens with one attached hydrogen (secondary N) is 2. The van der Waals surface area contributed by atoms with Crippen LogP contribution in [-0.4, -0.2) is 36.4 Å². The molecule has 0 aliphatic rings. The lowest BCUT2D eigenvalue weighted by Gasteiger charge is -2.11. The van der Waals surface area contributed by atoms with Gasteiger partial charge in [0.05, 0.1) is 26.8 Å². The zero-order chi connectivity index (χ0) is 20.0. The second-order valence-electron chi connectivity index (χ2n) is 5.17. The van der Waals surface area contributed by atoms with E-state index in [-0.39, 0.29) is 27.5 Å². The Morgan fingerprint density at radius 1 is 1.15 bits per heavy atom. The third-order valence-electron chi connectivity index (χ3n) is 3.42. The SMILES string of the molecule is CNC(=O)COC(=O)c1ccccc1NC(=O)c1ccc([N+](=O)[O-])cc1Cl. The number of anilines is 1. The smallest absolute Gasteiger partial charge is 0.340 e. The molecule has 2 rings (SSSR count). The van der Waals surface area contributed by atoms with Crippen molar-refractivity contribution in [2.45, 2.75) is 0 Å². The van der Waals surface area contributed by atoms with Gasteiger partial charge in [-0.1, -0.05) is 23.7 Å². The van der Waals surface area contributed by atoms with E-state index in [1.54, 1.807) is 12.1 Å². The van der Waals surface area contributed by atoms with Gasteiger partial charge in [0.1, 0.15) is 0 Å². The molecule has 0 aliphatic heterocycles. The van der Waals surface area contributed by atoms with Crippen LogP contribution in [0.4, 0.5) is 11.4 Å². The highest BCUT2D eigenvalue weighted by Crippen LogP contribution is 2.24. The third-order valence-corrected chi connectivity index (χ3v) is 3.73. The molecule has 2 aromatic rings.